The highest BCUT2D eigenvalue weighted by Crippen LogP contribution is 2.33. The maximum absolute atomic E-state index is 13.2. The Kier molecular flexibility index (Phi) is 3.97. The third kappa shape index (κ3) is 3.29. The third-order valence-electron chi connectivity index (χ3n) is 4.07. The molecule has 0 saturated carbocycles. The summed E-state index contributed by atoms with van der Waals surface area (Å²) in [4.78, 5) is 21.0. The van der Waals surface area contributed by atoms with E-state index in [1.165, 1.54) is 12.4 Å². The van der Waals surface area contributed by atoms with Crippen LogP contribution in [-0.4, -0.2) is 44.8 Å². The van der Waals surface area contributed by atoms with Crippen molar-refractivity contribution < 1.29 is 18.0 Å². The summed E-state index contributed by atoms with van der Waals surface area (Å²) >= 11 is 0. The number of piperidine rings is 1. The minimum Gasteiger partial charge on any atom is -0.369 e. The molecule has 3 heterocycles. The summed E-state index contributed by atoms with van der Waals surface area (Å²) in [5, 5.41) is 0. The zero-order valence-corrected chi connectivity index (χ0v) is 12.3. The van der Waals surface area contributed by atoms with Crippen molar-refractivity contribution in [2.24, 2.45) is 5.73 Å². The summed E-state index contributed by atoms with van der Waals surface area (Å²) < 4.78 is 40.6. The highest BCUT2D eigenvalue weighted by Gasteiger charge is 2.35. The number of hydrogen-bond acceptors (Lipinski definition) is 4. The standard InChI is InChI=1S/C14H16F3N5O/c15-14(16,17)11-7-10(20-13-19-3-6-22(11)13)9-1-4-21(5-2-9)8-12(18)23/h3,6-7,9H,1-2,4-5,8H2,(H2,18,23). The molecule has 0 aromatic carbocycles. The third-order valence-corrected chi connectivity index (χ3v) is 4.07. The predicted molar refractivity (Wildman–Crippen MR) is 75.6 cm³/mol. The maximum atomic E-state index is 13.2. The lowest BCUT2D eigenvalue weighted by atomic mass is 9.93. The molecule has 9 heteroatoms. The van der Waals surface area contributed by atoms with Gasteiger partial charge in [0.2, 0.25) is 11.7 Å². The monoisotopic (exact) mass is 327 g/mol. The van der Waals surface area contributed by atoms with E-state index in [1.54, 1.807) is 0 Å². The van der Waals surface area contributed by atoms with Crippen LogP contribution in [0.1, 0.15) is 30.1 Å². The van der Waals surface area contributed by atoms with Gasteiger partial charge in [-0.25, -0.2) is 9.97 Å². The number of likely N-dealkylation sites (tertiary alicyclic amines) is 1. The summed E-state index contributed by atoms with van der Waals surface area (Å²) in [6, 6.07) is 1.10. The molecule has 3 rings (SSSR count). The molecule has 2 aromatic heterocycles. The molecule has 0 unspecified atom stereocenters. The van der Waals surface area contributed by atoms with Gasteiger partial charge in [0.1, 0.15) is 5.69 Å². The topological polar surface area (TPSA) is 76.5 Å². The van der Waals surface area contributed by atoms with Gasteiger partial charge in [-0.2, -0.15) is 13.2 Å². The van der Waals surface area contributed by atoms with E-state index in [2.05, 4.69) is 9.97 Å². The summed E-state index contributed by atoms with van der Waals surface area (Å²) in [6.07, 6.45) is -0.645. The molecule has 6 nitrogen and oxygen atoms in total. The molecular weight excluding hydrogens is 311 g/mol. The number of aromatic nitrogens is 3. The van der Waals surface area contributed by atoms with Crippen molar-refractivity contribution in [3.63, 3.8) is 0 Å². The number of imidazole rings is 1. The first-order valence-corrected chi connectivity index (χ1v) is 7.26. The second-order valence-corrected chi connectivity index (χ2v) is 5.68. The summed E-state index contributed by atoms with van der Waals surface area (Å²) in [5.41, 5.74) is 4.79. The number of nitrogens with zero attached hydrogens (tertiary/aromatic N) is 4. The molecule has 2 aromatic rings. The Labute approximate surface area is 130 Å². The van der Waals surface area contributed by atoms with Crippen molar-refractivity contribution in [3.05, 3.63) is 29.8 Å². The molecule has 1 fully saturated rings. The van der Waals surface area contributed by atoms with Crippen molar-refractivity contribution in [2.75, 3.05) is 19.6 Å². The SMILES string of the molecule is NC(=O)CN1CCC(c2cc(C(F)(F)F)n3ccnc3n2)CC1. The van der Waals surface area contributed by atoms with Crippen LogP contribution in [0, 0.1) is 0 Å². The van der Waals surface area contributed by atoms with Crippen LogP contribution in [0.5, 0.6) is 0 Å². The second-order valence-electron chi connectivity index (χ2n) is 5.68. The summed E-state index contributed by atoms with van der Waals surface area (Å²) in [6.45, 7) is 1.39. The number of amides is 1. The molecule has 0 atom stereocenters. The molecular formula is C14H16F3N5O. The van der Waals surface area contributed by atoms with E-state index >= 15 is 0 Å². The van der Waals surface area contributed by atoms with Crippen molar-refractivity contribution >= 4 is 11.7 Å². The molecule has 124 valence electrons. The van der Waals surface area contributed by atoms with Crippen LogP contribution in [0.4, 0.5) is 13.2 Å². The maximum Gasteiger partial charge on any atom is 0.431 e. The molecule has 1 amide bonds. The lowest BCUT2D eigenvalue weighted by Gasteiger charge is -2.30. The molecule has 0 radical (unpaired) electrons. The number of fused-ring (bicyclic) bond motifs is 1. The van der Waals surface area contributed by atoms with Gasteiger partial charge in [-0.1, -0.05) is 0 Å². The predicted octanol–water partition coefficient (Wildman–Crippen LogP) is 1.41. The minimum absolute atomic E-state index is 0.0504. The van der Waals surface area contributed by atoms with Crippen molar-refractivity contribution in [2.45, 2.75) is 24.9 Å². The highest BCUT2D eigenvalue weighted by molar-refractivity contribution is 5.75. The zero-order valence-electron chi connectivity index (χ0n) is 12.3. The Balaban J connectivity index is 1.85. The largest absolute Gasteiger partial charge is 0.431 e. The Hall–Kier alpha value is -2.16. The Bertz CT molecular complexity index is 719. The van der Waals surface area contributed by atoms with E-state index in [0.29, 0.717) is 31.6 Å². The van der Waals surface area contributed by atoms with Crippen molar-refractivity contribution in [1.29, 1.82) is 0 Å². The van der Waals surface area contributed by atoms with Gasteiger partial charge in [0, 0.05) is 24.0 Å². The highest BCUT2D eigenvalue weighted by atomic mass is 19.4. The van der Waals surface area contributed by atoms with Gasteiger partial charge in [0.25, 0.3) is 0 Å². The van der Waals surface area contributed by atoms with Crippen molar-refractivity contribution in [1.82, 2.24) is 19.3 Å². The Morgan fingerprint density at radius 2 is 2.04 bits per heavy atom. The van der Waals surface area contributed by atoms with Crippen molar-refractivity contribution in [3.8, 4) is 0 Å². The van der Waals surface area contributed by atoms with E-state index < -0.39 is 17.8 Å². The number of nitrogens with two attached hydrogens (primary N) is 1. The lowest BCUT2D eigenvalue weighted by molar-refractivity contribution is -0.142. The van der Waals surface area contributed by atoms with E-state index in [1.807, 2.05) is 4.90 Å². The number of halogens is 3. The van der Waals surface area contributed by atoms with Gasteiger partial charge in [-0.05, 0) is 32.0 Å². The average Bonchev–Trinajstić information content (AvgIpc) is 2.93. The normalized spacial score (nSPS) is 17.7. The van der Waals surface area contributed by atoms with Crippen LogP contribution in [0.2, 0.25) is 0 Å². The van der Waals surface area contributed by atoms with Crippen LogP contribution in [0.25, 0.3) is 5.78 Å². The number of rotatable bonds is 3. The quantitative estimate of drug-likeness (QED) is 0.925. The van der Waals surface area contributed by atoms with Crippen LogP contribution >= 0.6 is 0 Å². The van der Waals surface area contributed by atoms with Crippen LogP contribution in [0.3, 0.4) is 0 Å². The Morgan fingerprint density at radius 1 is 1.35 bits per heavy atom. The fourth-order valence-corrected chi connectivity index (χ4v) is 2.96. The second kappa shape index (κ2) is 5.80. The lowest BCUT2D eigenvalue weighted by Crippen LogP contribution is -2.39. The molecule has 1 saturated heterocycles. The number of carbonyl (C=O) groups excluding carboxylic acids is 1. The van der Waals surface area contributed by atoms with E-state index in [9.17, 15) is 18.0 Å². The molecule has 23 heavy (non-hydrogen) atoms. The van der Waals surface area contributed by atoms with E-state index in [-0.39, 0.29) is 18.2 Å². The number of primary amides is 1. The number of hydrogen-bond donors (Lipinski definition) is 1. The molecule has 1 aliphatic rings. The van der Waals surface area contributed by atoms with E-state index in [4.69, 9.17) is 5.73 Å². The van der Waals surface area contributed by atoms with Gasteiger partial charge < -0.3 is 5.73 Å². The van der Waals surface area contributed by atoms with Gasteiger partial charge in [-0.3, -0.25) is 14.1 Å². The zero-order chi connectivity index (χ0) is 16.6. The van der Waals surface area contributed by atoms with Gasteiger partial charge in [-0.15, -0.1) is 0 Å². The van der Waals surface area contributed by atoms with Gasteiger partial charge >= 0.3 is 6.18 Å². The molecule has 0 spiro atoms. The first-order chi connectivity index (χ1) is 10.8. The minimum atomic E-state index is -4.47. The fraction of sp³-hybridized carbons (Fsp3) is 0.500. The van der Waals surface area contributed by atoms with Crippen LogP contribution in [0.15, 0.2) is 18.5 Å². The number of carbonyl (C=O) groups is 1. The molecule has 2 N–H and O–H groups in total. The molecule has 0 aliphatic carbocycles. The van der Waals surface area contributed by atoms with Gasteiger partial charge in [0.05, 0.1) is 6.54 Å². The smallest absolute Gasteiger partial charge is 0.369 e. The Morgan fingerprint density at radius 3 is 2.65 bits per heavy atom. The first-order valence-electron chi connectivity index (χ1n) is 7.26. The summed E-state index contributed by atoms with van der Waals surface area (Å²) in [5.74, 6) is -0.434. The van der Waals surface area contributed by atoms with E-state index in [0.717, 1.165) is 10.5 Å². The van der Waals surface area contributed by atoms with Crippen LogP contribution in [-0.2, 0) is 11.0 Å². The molecule has 0 bridgehead atoms. The molecule has 1 aliphatic heterocycles. The van der Waals surface area contributed by atoms with Crippen LogP contribution < -0.4 is 5.73 Å². The fourth-order valence-electron chi connectivity index (χ4n) is 2.96. The number of alkyl halides is 3. The summed E-state index contributed by atoms with van der Waals surface area (Å²) in [7, 11) is 0. The van der Waals surface area contributed by atoms with Gasteiger partial charge in [0.15, 0.2) is 0 Å². The first kappa shape index (κ1) is 15.7. The average molecular weight is 327 g/mol.